The lowest BCUT2D eigenvalue weighted by molar-refractivity contribution is -0.119. The van der Waals surface area contributed by atoms with Gasteiger partial charge in [0.1, 0.15) is 5.75 Å². The van der Waals surface area contributed by atoms with Crippen molar-refractivity contribution in [3.05, 3.63) is 23.8 Å². The minimum absolute atomic E-state index is 0.143. The number of hydrogen-bond donors (Lipinski definition) is 2. The molecular weight excluding hydrogens is 180 g/mol. The maximum Gasteiger partial charge on any atom is 0.255 e. The molecule has 4 nitrogen and oxygen atoms in total. The van der Waals surface area contributed by atoms with E-state index in [1.807, 2.05) is 19.1 Å². The van der Waals surface area contributed by atoms with Crippen LogP contribution in [0.15, 0.2) is 18.2 Å². The third-order valence-corrected chi connectivity index (χ3v) is 1.85. The lowest BCUT2D eigenvalue weighted by Crippen LogP contribution is -2.20. The molecule has 0 aliphatic rings. The van der Waals surface area contributed by atoms with E-state index in [4.69, 9.17) is 16.2 Å². The Morgan fingerprint density at radius 2 is 2.21 bits per heavy atom. The van der Waals surface area contributed by atoms with Crippen molar-refractivity contribution in [3.8, 4) is 5.75 Å². The van der Waals surface area contributed by atoms with Crippen molar-refractivity contribution >= 4 is 11.6 Å². The molecule has 0 spiro atoms. The Morgan fingerprint density at radius 1 is 1.50 bits per heavy atom. The van der Waals surface area contributed by atoms with Gasteiger partial charge in [0.15, 0.2) is 6.61 Å². The molecule has 76 valence electrons. The van der Waals surface area contributed by atoms with Gasteiger partial charge in [0.2, 0.25) is 0 Å². The van der Waals surface area contributed by atoms with Crippen LogP contribution in [0.5, 0.6) is 5.75 Å². The minimum atomic E-state index is -0.510. The number of nitrogen functional groups attached to an aromatic ring is 1. The van der Waals surface area contributed by atoms with Crippen LogP contribution in [-0.2, 0) is 11.2 Å². The molecule has 14 heavy (non-hydrogen) atoms. The Balaban J connectivity index is 2.73. The summed E-state index contributed by atoms with van der Waals surface area (Å²) in [5.41, 5.74) is 12.3. The van der Waals surface area contributed by atoms with Gasteiger partial charge in [0, 0.05) is 0 Å². The van der Waals surface area contributed by atoms with E-state index in [1.54, 1.807) is 6.07 Å². The summed E-state index contributed by atoms with van der Waals surface area (Å²) in [5, 5.41) is 0. The molecule has 0 radical (unpaired) electrons. The molecule has 0 aromatic heterocycles. The summed E-state index contributed by atoms with van der Waals surface area (Å²) in [5.74, 6) is -0.00929. The first-order valence-corrected chi connectivity index (χ1v) is 4.43. The van der Waals surface area contributed by atoms with E-state index < -0.39 is 5.91 Å². The van der Waals surface area contributed by atoms with Gasteiger partial charge in [-0.25, -0.2) is 0 Å². The largest absolute Gasteiger partial charge is 0.482 e. The Labute approximate surface area is 82.8 Å². The van der Waals surface area contributed by atoms with Gasteiger partial charge in [-0.05, 0) is 24.1 Å². The van der Waals surface area contributed by atoms with E-state index in [1.165, 1.54) is 0 Å². The number of carbonyl (C=O) groups is 1. The summed E-state index contributed by atoms with van der Waals surface area (Å²) in [6.45, 7) is 1.90. The van der Waals surface area contributed by atoms with Crippen LogP contribution in [0.3, 0.4) is 0 Å². The number of primary amides is 1. The van der Waals surface area contributed by atoms with Crippen LogP contribution < -0.4 is 16.2 Å². The molecule has 1 amide bonds. The van der Waals surface area contributed by atoms with Crippen LogP contribution in [0.4, 0.5) is 5.69 Å². The van der Waals surface area contributed by atoms with E-state index in [0.29, 0.717) is 11.4 Å². The molecule has 0 fully saturated rings. The second-order valence-corrected chi connectivity index (χ2v) is 2.98. The highest BCUT2D eigenvalue weighted by molar-refractivity contribution is 5.75. The van der Waals surface area contributed by atoms with Crippen LogP contribution in [-0.4, -0.2) is 12.5 Å². The molecule has 1 aromatic carbocycles. The molecular formula is C10H14N2O2. The standard InChI is InChI=1S/C10H14N2O2/c1-2-7-3-4-9(8(11)5-7)14-6-10(12)13/h3-5H,2,6,11H2,1H3,(H2,12,13). The summed E-state index contributed by atoms with van der Waals surface area (Å²) in [7, 11) is 0. The highest BCUT2D eigenvalue weighted by Crippen LogP contribution is 2.22. The van der Waals surface area contributed by atoms with Crippen molar-refractivity contribution in [2.75, 3.05) is 12.3 Å². The summed E-state index contributed by atoms with van der Waals surface area (Å²) in [6, 6.07) is 5.49. The van der Waals surface area contributed by atoms with Gasteiger partial charge >= 0.3 is 0 Å². The van der Waals surface area contributed by atoms with Gasteiger partial charge in [0.25, 0.3) is 5.91 Å². The van der Waals surface area contributed by atoms with Gasteiger partial charge in [-0.3, -0.25) is 4.79 Å². The van der Waals surface area contributed by atoms with Gasteiger partial charge in [-0.15, -0.1) is 0 Å². The van der Waals surface area contributed by atoms with E-state index >= 15 is 0 Å². The maximum atomic E-state index is 10.5. The Bertz CT molecular complexity index is 337. The van der Waals surface area contributed by atoms with Gasteiger partial charge in [0.05, 0.1) is 5.69 Å². The van der Waals surface area contributed by atoms with Crippen LogP contribution in [0.25, 0.3) is 0 Å². The lowest BCUT2D eigenvalue weighted by atomic mass is 10.1. The van der Waals surface area contributed by atoms with Crippen LogP contribution >= 0.6 is 0 Å². The highest BCUT2D eigenvalue weighted by atomic mass is 16.5. The average Bonchev–Trinajstić information content (AvgIpc) is 2.15. The summed E-state index contributed by atoms with van der Waals surface area (Å²) in [6.07, 6.45) is 0.917. The molecule has 0 bridgehead atoms. The van der Waals surface area contributed by atoms with Crippen molar-refractivity contribution in [2.45, 2.75) is 13.3 Å². The van der Waals surface area contributed by atoms with Crippen LogP contribution in [0, 0.1) is 0 Å². The minimum Gasteiger partial charge on any atom is -0.482 e. The van der Waals surface area contributed by atoms with Crippen molar-refractivity contribution in [3.63, 3.8) is 0 Å². The third-order valence-electron chi connectivity index (χ3n) is 1.85. The molecule has 1 rings (SSSR count). The molecule has 0 saturated heterocycles. The fourth-order valence-corrected chi connectivity index (χ4v) is 1.10. The van der Waals surface area contributed by atoms with E-state index in [2.05, 4.69) is 0 Å². The second kappa shape index (κ2) is 4.50. The lowest BCUT2D eigenvalue weighted by Gasteiger charge is -2.07. The Kier molecular flexibility index (Phi) is 3.34. The first-order valence-electron chi connectivity index (χ1n) is 4.43. The molecule has 0 atom stereocenters. The monoisotopic (exact) mass is 194 g/mol. The molecule has 4 N–H and O–H groups in total. The van der Waals surface area contributed by atoms with Crippen molar-refractivity contribution in [1.29, 1.82) is 0 Å². The van der Waals surface area contributed by atoms with Crippen molar-refractivity contribution < 1.29 is 9.53 Å². The highest BCUT2D eigenvalue weighted by Gasteiger charge is 2.02. The Hall–Kier alpha value is -1.71. The predicted octanol–water partition coefficient (Wildman–Crippen LogP) is 0.695. The number of amides is 1. The van der Waals surface area contributed by atoms with Gasteiger partial charge < -0.3 is 16.2 Å². The summed E-state index contributed by atoms with van der Waals surface area (Å²) >= 11 is 0. The van der Waals surface area contributed by atoms with Gasteiger partial charge in [-0.1, -0.05) is 13.0 Å². The zero-order valence-corrected chi connectivity index (χ0v) is 8.12. The van der Waals surface area contributed by atoms with E-state index in [0.717, 1.165) is 12.0 Å². The normalized spacial score (nSPS) is 9.79. The molecule has 0 saturated carbocycles. The molecule has 1 aromatic rings. The number of anilines is 1. The van der Waals surface area contributed by atoms with Crippen LogP contribution in [0.2, 0.25) is 0 Å². The number of benzene rings is 1. The fourth-order valence-electron chi connectivity index (χ4n) is 1.10. The van der Waals surface area contributed by atoms with Crippen LogP contribution in [0.1, 0.15) is 12.5 Å². The molecule has 0 aliphatic carbocycles. The quantitative estimate of drug-likeness (QED) is 0.692. The molecule has 0 aliphatic heterocycles. The number of carbonyl (C=O) groups excluding carboxylic acids is 1. The Morgan fingerprint density at radius 3 is 2.71 bits per heavy atom. The zero-order chi connectivity index (χ0) is 10.6. The summed E-state index contributed by atoms with van der Waals surface area (Å²) in [4.78, 5) is 10.5. The van der Waals surface area contributed by atoms with E-state index in [-0.39, 0.29) is 6.61 Å². The first-order chi connectivity index (χ1) is 6.63. The van der Waals surface area contributed by atoms with Gasteiger partial charge in [-0.2, -0.15) is 0 Å². The smallest absolute Gasteiger partial charge is 0.255 e. The molecule has 4 heteroatoms. The second-order valence-electron chi connectivity index (χ2n) is 2.98. The number of hydrogen-bond acceptors (Lipinski definition) is 3. The number of ether oxygens (including phenoxy) is 1. The predicted molar refractivity (Wildman–Crippen MR) is 54.9 cm³/mol. The zero-order valence-electron chi connectivity index (χ0n) is 8.12. The average molecular weight is 194 g/mol. The van der Waals surface area contributed by atoms with E-state index in [9.17, 15) is 4.79 Å². The number of rotatable bonds is 4. The summed E-state index contributed by atoms with van der Waals surface area (Å²) < 4.78 is 5.10. The molecule has 0 unspecified atom stereocenters. The SMILES string of the molecule is CCc1ccc(OCC(N)=O)c(N)c1. The fraction of sp³-hybridized carbons (Fsp3) is 0.300. The third kappa shape index (κ3) is 2.65. The number of aryl methyl sites for hydroxylation is 1. The van der Waals surface area contributed by atoms with Crippen molar-refractivity contribution in [1.82, 2.24) is 0 Å². The maximum absolute atomic E-state index is 10.5. The van der Waals surface area contributed by atoms with Crippen molar-refractivity contribution in [2.24, 2.45) is 5.73 Å². The first kappa shape index (κ1) is 10.4. The molecule has 0 heterocycles. The topological polar surface area (TPSA) is 78.3 Å². The number of nitrogens with two attached hydrogens (primary N) is 2.